The van der Waals surface area contributed by atoms with E-state index in [9.17, 15) is 18.0 Å². The summed E-state index contributed by atoms with van der Waals surface area (Å²) in [5.74, 6) is 0.474. The minimum atomic E-state index is -4.49. The van der Waals surface area contributed by atoms with Crippen molar-refractivity contribution in [3.8, 4) is 11.5 Å². The van der Waals surface area contributed by atoms with Gasteiger partial charge in [0.05, 0.1) is 11.3 Å². The van der Waals surface area contributed by atoms with E-state index in [2.05, 4.69) is 4.98 Å². The molecule has 29 heavy (non-hydrogen) atoms. The second-order valence-corrected chi connectivity index (χ2v) is 7.52. The lowest BCUT2D eigenvalue weighted by molar-refractivity contribution is -0.137. The average Bonchev–Trinajstić information content (AvgIpc) is 2.68. The summed E-state index contributed by atoms with van der Waals surface area (Å²) in [6.45, 7) is 3.61. The lowest BCUT2D eigenvalue weighted by Gasteiger charge is -2.14. The van der Waals surface area contributed by atoms with E-state index in [4.69, 9.17) is 4.74 Å². The van der Waals surface area contributed by atoms with Crippen LogP contribution in [0.1, 0.15) is 22.4 Å². The second-order valence-electron chi connectivity index (χ2n) is 6.58. The zero-order valence-electron chi connectivity index (χ0n) is 16.1. The van der Waals surface area contributed by atoms with Crippen molar-refractivity contribution >= 4 is 11.8 Å². The third-order valence-electron chi connectivity index (χ3n) is 4.25. The molecule has 1 aromatic heterocycles. The van der Waals surface area contributed by atoms with Crippen LogP contribution in [-0.2, 0) is 19.0 Å². The van der Waals surface area contributed by atoms with Gasteiger partial charge in [0.15, 0.2) is 5.16 Å². The Hall–Kier alpha value is -2.74. The number of hydrogen-bond donors (Lipinski definition) is 0. The molecule has 0 atom stereocenters. The highest BCUT2D eigenvalue weighted by atomic mass is 32.2. The molecule has 0 radical (unpaired) electrons. The number of benzene rings is 2. The quantitative estimate of drug-likeness (QED) is 0.404. The number of thioether (sulfide) groups is 1. The largest absolute Gasteiger partial charge is 0.450 e. The van der Waals surface area contributed by atoms with Gasteiger partial charge in [-0.3, -0.25) is 9.36 Å². The number of rotatable bonds is 5. The van der Waals surface area contributed by atoms with Crippen molar-refractivity contribution in [2.45, 2.75) is 30.9 Å². The SMILES string of the molecule is Cc1ccc(CSc2nc(C)c(Oc3cccc(C(F)(F)F)c3)c(=O)n2C)cc1. The number of aromatic nitrogens is 2. The summed E-state index contributed by atoms with van der Waals surface area (Å²) in [6.07, 6.45) is -4.49. The van der Waals surface area contributed by atoms with Crippen LogP contribution < -0.4 is 10.3 Å². The van der Waals surface area contributed by atoms with Crippen molar-refractivity contribution in [2.75, 3.05) is 0 Å². The van der Waals surface area contributed by atoms with Crippen LogP contribution in [0.4, 0.5) is 13.2 Å². The molecule has 3 aromatic rings. The Labute approximate surface area is 170 Å². The standard InChI is InChI=1S/C21H19F3N2O2S/c1-13-7-9-15(10-8-13)12-29-20-25-14(2)18(19(27)26(20)3)28-17-6-4-5-16(11-17)21(22,23)24/h4-11H,12H2,1-3H3. The molecule has 0 aliphatic rings. The molecular weight excluding hydrogens is 401 g/mol. The fraction of sp³-hybridized carbons (Fsp3) is 0.238. The van der Waals surface area contributed by atoms with Gasteiger partial charge in [-0.2, -0.15) is 13.2 Å². The van der Waals surface area contributed by atoms with Crippen LogP contribution in [-0.4, -0.2) is 9.55 Å². The Balaban J connectivity index is 1.84. The number of aryl methyl sites for hydroxylation is 2. The van der Waals surface area contributed by atoms with Gasteiger partial charge in [-0.25, -0.2) is 4.98 Å². The highest BCUT2D eigenvalue weighted by molar-refractivity contribution is 7.98. The van der Waals surface area contributed by atoms with Gasteiger partial charge in [-0.1, -0.05) is 47.7 Å². The van der Waals surface area contributed by atoms with Crippen LogP contribution in [0.25, 0.3) is 0 Å². The molecule has 1 heterocycles. The van der Waals surface area contributed by atoms with Crippen LogP contribution in [0.2, 0.25) is 0 Å². The lowest BCUT2D eigenvalue weighted by Crippen LogP contribution is -2.22. The van der Waals surface area contributed by atoms with Crippen LogP contribution in [0.15, 0.2) is 58.5 Å². The highest BCUT2D eigenvalue weighted by Crippen LogP contribution is 2.33. The third-order valence-corrected chi connectivity index (χ3v) is 5.35. The molecule has 0 saturated heterocycles. The van der Waals surface area contributed by atoms with E-state index in [1.165, 1.54) is 28.5 Å². The van der Waals surface area contributed by atoms with E-state index in [1.54, 1.807) is 14.0 Å². The summed E-state index contributed by atoms with van der Waals surface area (Å²) in [7, 11) is 1.56. The van der Waals surface area contributed by atoms with Gasteiger partial charge < -0.3 is 4.74 Å². The number of ether oxygens (including phenoxy) is 1. The smallest absolute Gasteiger partial charge is 0.416 e. The maximum absolute atomic E-state index is 12.9. The molecule has 0 aliphatic heterocycles. The maximum atomic E-state index is 12.9. The Morgan fingerprint density at radius 3 is 2.45 bits per heavy atom. The van der Waals surface area contributed by atoms with E-state index in [0.717, 1.165) is 23.3 Å². The zero-order chi connectivity index (χ0) is 21.2. The number of nitrogens with zero attached hydrogens (tertiary/aromatic N) is 2. The van der Waals surface area contributed by atoms with Gasteiger partial charge in [0.2, 0.25) is 5.75 Å². The second kappa shape index (κ2) is 8.32. The Morgan fingerprint density at radius 1 is 1.10 bits per heavy atom. The van der Waals surface area contributed by atoms with Crippen LogP contribution in [0.5, 0.6) is 11.5 Å². The normalized spacial score (nSPS) is 11.5. The van der Waals surface area contributed by atoms with Crippen molar-refractivity contribution in [3.05, 3.63) is 81.3 Å². The van der Waals surface area contributed by atoms with Crippen molar-refractivity contribution in [1.82, 2.24) is 9.55 Å². The van der Waals surface area contributed by atoms with Gasteiger partial charge in [0.1, 0.15) is 5.75 Å². The van der Waals surface area contributed by atoms with Crippen LogP contribution >= 0.6 is 11.8 Å². The van der Waals surface area contributed by atoms with Gasteiger partial charge in [0, 0.05) is 12.8 Å². The molecule has 8 heteroatoms. The van der Waals surface area contributed by atoms with E-state index in [0.29, 0.717) is 16.6 Å². The number of hydrogen-bond acceptors (Lipinski definition) is 4. The van der Waals surface area contributed by atoms with E-state index in [1.807, 2.05) is 31.2 Å². The first-order valence-corrected chi connectivity index (χ1v) is 9.75. The minimum Gasteiger partial charge on any atom is -0.450 e. The molecule has 0 saturated carbocycles. The molecule has 0 bridgehead atoms. The molecule has 0 fully saturated rings. The van der Waals surface area contributed by atoms with Crippen molar-refractivity contribution < 1.29 is 17.9 Å². The van der Waals surface area contributed by atoms with Crippen molar-refractivity contribution in [1.29, 1.82) is 0 Å². The lowest BCUT2D eigenvalue weighted by atomic mass is 10.2. The summed E-state index contributed by atoms with van der Waals surface area (Å²) < 4.78 is 45.5. The van der Waals surface area contributed by atoms with E-state index < -0.39 is 17.3 Å². The predicted molar refractivity (Wildman–Crippen MR) is 106 cm³/mol. The fourth-order valence-corrected chi connectivity index (χ4v) is 3.56. The molecule has 0 amide bonds. The monoisotopic (exact) mass is 420 g/mol. The van der Waals surface area contributed by atoms with Gasteiger partial charge >= 0.3 is 6.18 Å². The van der Waals surface area contributed by atoms with Crippen molar-refractivity contribution in [2.24, 2.45) is 7.05 Å². The molecular formula is C21H19F3N2O2S. The van der Waals surface area contributed by atoms with E-state index in [-0.39, 0.29) is 11.5 Å². The molecule has 0 spiro atoms. The molecule has 0 N–H and O–H groups in total. The summed E-state index contributed by atoms with van der Waals surface area (Å²) in [5.41, 5.74) is 1.27. The molecule has 4 nitrogen and oxygen atoms in total. The summed E-state index contributed by atoms with van der Waals surface area (Å²) >= 11 is 1.40. The van der Waals surface area contributed by atoms with Crippen LogP contribution in [0.3, 0.4) is 0 Å². The fourth-order valence-electron chi connectivity index (χ4n) is 2.60. The molecule has 0 aliphatic carbocycles. The predicted octanol–water partition coefficient (Wildman–Crippen LogP) is 5.50. The first kappa shape index (κ1) is 21.0. The van der Waals surface area contributed by atoms with Crippen molar-refractivity contribution in [3.63, 3.8) is 0 Å². The maximum Gasteiger partial charge on any atom is 0.416 e. The van der Waals surface area contributed by atoms with Gasteiger partial charge in [-0.05, 0) is 37.6 Å². The molecule has 152 valence electrons. The molecule has 3 rings (SSSR count). The Bertz CT molecular complexity index is 1080. The summed E-state index contributed by atoms with van der Waals surface area (Å²) in [6, 6.07) is 12.5. The molecule has 2 aromatic carbocycles. The van der Waals surface area contributed by atoms with Crippen LogP contribution in [0, 0.1) is 13.8 Å². The average molecular weight is 420 g/mol. The molecule has 0 unspecified atom stereocenters. The zero-order valence-corrected chi connectivity index (χ0v) is 16.9. The third kappa shape index (κ3) is 5.00. The summed E-state index contributed by atoms with van der Waals surface area (Å²) in [4.78, 5) is 17.1. The van der Waals surface area contributed by atoms with Gasteiger partial charge in [-0.15, -0.1) is 0 Å². The number of alkyl halides is 3. The number of halogens is 3. The first-order chi connectivity index (χ1) is 13.6. The highest BCUT2D eigenvalue weighted by Gasteiger charge is 2.30. The first-order valence-electron chi connectivity index (χ1n) is 8.76. The Morgan fingerprint density at radius 2 is 1.79 bits per heavy atom. The van der Waals surface area contributed by atoms with Gasteiger partial charge in [0.25, 0.3) is 5.56 Å². The topological polar surface area (TPSA) is 44.1 Å². The summed E-state index contributed by atoms with van der Waals surface area (Å²) in [5, 5.41) is 0.504. The van der Waals surface area contributed by atoms with E-state index >= 15 is 0 Å². The Kier molecular flexibility index (Phi) is 6.02. The minimum absolute atomic E-state index is 0.0677.